The van der Waals surface area contributed by atoms with E-state index in [1.807, 2.05) is 30.5 Å². The van der Waals surface area contributed by atoms with Gasteiger partial charge in [-0.2, -0.15) is 0 Å². The number of allylic oxidation sites excluding steroid dienone is 4. The molecule has 0 unspecified atom stereocenters. The summed E-state index contributed by atoms with van der Waals surface area (Å²) < 4.78 is 0. The highest BCUT2D eigenvalue weighted by Crippen LogP contribution is 1.81. The van der Waals surface area contributed by atoms with Crippen molar-refractivity contribution in [2.45, 2.75) is 0 Å². The predicted molar refractivity (Wildman–Crippen MR) is 35.4 cm³/mol. The molecule has 1 N–H and O–H groups in total. The Hall–Kier alpha value is -0.980. The molecule has 1 heterocycles. The van der Waals surface area contributed by atoms with E-state index in [1.165, 1.54) is 0 Å². The molecule has 42 valence electrons. The summed E-state index contributed by atoms with van der Waals surface area (Å²) in [4.78, 5) is 0. The Morgan fingerprint density at radius 3 is 2.88 bits per heavy atom. The Kier molecular flexibility index (Phi) is 1.99. The fourth-order valence-electron chi connectivity index (χ4n) is 0.535. The van der Waals surface area contributed by atoms with Gasteiger partial charge in [0.1, 0.15) is 0 Å². The van der Waals surface area contributed by atoms with E-state index < -0.39 is 0 Å². The average Bonchev–Trinajstić information content (AvgIpc) is 1.62. The fraction of sp³-hybridized carbons (Fsp3) is 0.143. The molecule has 1 rings (SSSR count). The maximum atomic E-state index is 3.07. The van der Waals surface area contributed by atoms with Crippen LogP contribution in [-0.2, 0) is 0 Å². The summed E-state index contributed by atoms with van der Waals surface area (Å²) in [7, 11) is 0. The first-order chi connectivity index (χ1) is 4.00. The number of rotatable bonds is 0. The first-order valence-corrected chi connectivity index (χ1v) is 2.72. The van der Waals surface area contributed by atoms with Gasteiger partial charge in [0.05, 0.1) is 0 Å². The molecule has 0 aromatic rings. The van der Waals surface area contributed by atoms with E-state index in [0.29, 0.717) is 0 Å². The van der Waals surface area contributed by atoms with Gasteiger partial charge in [-0.25, -0.2) is 0 Å². The van der Waals surface area contributed by atoms with Gasteiger partial charge in [0.25, 0.3) is 0 Å². The van der Waals surface area contributed by atoms with Crippen LogP contribution in [0.4, 0.5) is 0 Å². The van der Waals surface area contributed by atoms with E-state index in [0.717, 1.165) is 6.54 Å². The highest BCUT2D eigenvalue weighted by atomic mass is 14.8. The van der Waals surface area contributed by atoms with Gasteiger partial charge in [0.2, 0.25) is 0 Å². The Morgan fingerprint density at radius 1 is 1.00 bits per heavy atom. The van der Waals surface area contributed by atoms with Crippen LogP contribution in [0, 0.1) is 0 Å². The minimum absolute atomic E-state index is 0.931. The summed E-state index contributed by atoms with van der Waals surface area (Å²) in [6, 6.07) is 0. The van der Waals surface area contributed by atoms with Crippen LogP contribution in [-0.4, -0.2) is 6.54 Å². The maximum Gasteiger partial charge on any atom is 0.0328 e. The molecule has 1 heteroatoms. The maximum absolute atomic E-state index is 3.07. The minimum atomic E-state index is 0.931. The molecule has 0 atom stereocenters. The monoisotopic (exact) mass is 107 g/mol. The van der Waals surface area contributed by atoms with Crippen molar-refractivity contribution in [1.29, 1.82) is 0 Å². The zero-order valence-corrected chi connectivity index (χ0v) is 4.67. The van der Waals surface area contributed by atoms with Crippen molar-refractivity contribution < 1.29 is 0 Å². The third-order valence-corrected chi connectivity index (χ3v) is 0.919. The van der Waals surface area contributed by atoms with Crippen molar-refractivity contribution in [3.8, 4) is 0 Å². The number of nitrogens with one attached hydrogen (secondary N) is 1. The average molecular weight is 107 g/mol. The lowest BCUT2D eigenvalue weighted by molar-refractivity contribution is 0.984. The third kappa shape index (κ3) is 1.65. The smallest absolute Gasteiger partial charge is 0.0328 e. The first-order valence-electron chi connectivity index (χ1n) is 2.72. The van der Waals surface area contributed by atoms with Crippen LogP contribution < -0.4 is 5.32 Å². The van der Waals surface area contributed by atoms with Crippen LogP contribution in [0.25, 0.3) is 0 Å². The lowest BCUT2D eigenvalue weighted by Crippen LogP contribution is -2.03. The zero-order chi connectivity index (χ0) is 5.66. The highest BCUT2D eigenvalue weighted by molar-refractivity contribution is 5.13. The number of hydrogen-bond acceptors (Lipinski definition) is 1. The Bertz CT molecular complexity index is 115. The van der Waals surface area contributed by atoms with Gasteiger partial charge >= 0.3 is 0 Å². The molecule has 0 saturated heterocycles. The second-order valence-electron chi connectivity index (χ2n) is 1.58. The summed E-state index contributed by atoms with van der Waals surface area (Å²) in [5.41, 5.74) is 0. The van der Waals surface area contributed by atoms with E-state index >= 15 is 0 Å². The normalized spacial score (nSPS) is 21.0. The molecule has 0 amide bonds. The molecule has 0 saturated carbocycles. The van der Waals surface area contributed by atoms with Crippen molar-refractivity contribution in [3.05, 3.63) is 36.6 Å². The van der Waals surface area contributed by atoms with Crippen LogP contribution in [0.15, 0.2) is 36.6 Å². The van der Waals surface area contributed by atoms with Crippen molar-refractivity contribution in [3.63, 3.8) is 0 Å². The molecule has 0 fully saturated rings. The van der Waals surface area contributed by atoms with Crippen LogP contribution in [0.1, 0.15) is 0 Å². The van der Waals surface area contributed by atoms with Gasteiger partial charge < -0.3 is 5.32 Å². The third-order valence-electron chi connectivity index (χ3n) is 0.919. The van der Waals surface area contributed by atoms with Gasteiger partial charge in [-0.05, 0) is 12.3 Å². The Morgan fingerprint density at radius 2 is 1.88 bits per heavy atom. The van der Waals surface area contributed by atoms with Gasteiger partial charge in [0.15, 0.2) is 0 Å². The second kappa shape index (κ2) is 3.08. The summed E-state index contributed by atoms with van der Waals surface area (Å²) >= 11 is 0. The molecule has 0 aromatic carbocycles. The zero-order valence-electron chi connectivity index (χ0n) is 4.67. The van der Waals surface area contributed by atoms with Crippen molar-refractivity contribution in [1.82, 2.24) is 5.32 Å². The molecule has 0 spiro atoms. The molecule has 0 radical (unpaired) electrons. The van der Waals surface area contributed by atoms with E-state index in [9.17, 15) is 0 Å². The molecule has 1 aliphatic heterocycles. The Labute approximate surface area is 49.4 Å². The number of hydrogen-bond donors (Lipinski definition) is 1. The lowest BCUT2D eigenvalue weighted by atomic mass is 10.4. The van der Waals surface area contributed by atoms with Crippen LogP contribution >= 0.6 is 0 Å². The molecule has 1 nitrogen and oxygen atoms in total. The first kappa shape index (κ1) is 5.16. The van der Waals surface area contributed by atoms with Crippen LogP contribution in [0.3, 0.4) is 0 Å². The van der Waals surface area contributed by atoms with Crippen LogP contribution in [0.2, 0.25) is 0 Å². The summed E-state index contributed by atoms with van der Waals surface area (Å²) in [6.45, 7) is 0.931. The SMILES string of the molecule is C1=C/C=C\NCC=C1. The molecule has 1 aliphatic rings. The van der Waals surface area contributed by atoms with E-state index in [-0.39, 0.29) is 0 Å². The molecule has 8 heavy (non-hydrogen) atoms. The molecule has 0 aliphatic carbocycles. The van der Waals surface area contributed by atoms with Gasteiger partial charge in [-0.1, -0.05) is 24.3 Å². The van der Waals surface area contributed by atoms with Gasteiger partial charge in [-0.3, -0.25) is 0 Å². The quantitative estimate of drug-likeness (QED) is 0.490. The van der Waals surface area contributed by atoms with Crippen LogP contribution in [0.5, 0.6) is 0 Å². The largest absolute Gasteiger partial charge is 0.387 e. The standard InChI is InChI=1S/C7H9N/c1-2-4-6-8-7-5-3-1/h1-6,8H,7H2/b2-1?,5-3?,6-4-. The molecule has 0 bridgehead atoms. The van der Waals surface area contributed by atoms with Crippen molar-refractivity contribution in [2.24, 2.45) is 0 Å². The van der Waals surface area contributed by atoms with E-state index in [4.69, 9.17) is 0 Å². The predicted octanol–water partition coefficient (Wildman–Crippen LogP) is 1.22. The van der Waals surface area contributed by atoms with Gasteiger partial charge in [0, 0.05) is 6.54 Å². The second-order valence-corrected chi connectivity index (χ2v) is 1.58. The molecular formula is C7H9N. The lowest BCUT2D eigenvalue weighted by Gasteiger charge is -1.92. The van der Waals surface area contributed by atoms with E-state index in [1.54, 1.807) is 0 Å². The topological polar surface area (TPSA) is 12.0 Å². The van der Waals surface area contributed by atoms with Crippen molar-refractivity contribution >= 4 is 0 Å². The molecular weight excluding hydrogens is 98.1 g/mol. The summed E-state index contributed by atoms with van der Waals surface area (Å²) in [6.07, 6.45) is 12.0. The van der Waals surface area contributed by atoms with Crippen molar-refractivity contribution in [2.75, 3.05) is 6.54 Å². The van der Waals surface area contributed by atoms with Gasteiger partial charge in [-0.15, -0.1) is 0 Å². The summed E-state index contributed by atoms with van der Waals surface area (Å²) in [5.74, 6) is 0. The fourth-order valence-corrected chi connectivity index (χ4v) is 0.535. The highest BCUT2D eigenvalue weighted by Gasteiger charge is 1.72. The minimum Gasteiger partial charge on any atom is -0.387 e. The molecule has 0 aromatic heterocycles. The Balaban J connectivity index is 2.51. The summed E-state index contributed by atoms with van der Waals surface area (Å²) in [5, 5.41) is 3.07. The van der Waals surface area contributed by atoms with E-state index in [2.05, 4.69) is 11.4 Å².